The average Bonchev–Trinajstić information content (AvgIpc) is 0.907. The summed E-state index contributed by atoms with van der Waals surface area (Å²) in [7, 11) is -9.93. The van der Waals surface area contributed by atoms with Gasteiger partial charge in [-0.15, -0.1) is 0 Å². The van der Waals surface area contributed by atoms with Crippen molar-refractivity contribution in [2.75, 3.05) is 39.6 Å². The van der Waals surface area contributed by atoms with Gasteiger partial charge in [0.25, 0.3) is 0 Å². The van der Waals surface area contributed by atoms with Gasteiger partial charge in [0, 0.05) is 25.7 Å². The van der Waals surface area contributed by atoms with Crippen LogP contribution in [-0.2, 0) is 65.4 Å². The Morgan fingerprint density at radius 1 is 0.257 bits per heavy atom. The molecule has 17 nitrogen and oxygen atoms in total. The summed E-state index contributed by atoms with van der Waals surface area (Å²) in [6.45, 7) is 9.64. The van der Waals surface area contributed by atoms with E-state index >= 15 is 0 Å². The zero-order valence-corrected chi connectivity index (χ0v) is 70.8. The number of unbranched alkanes of at least 4 members (excludes halogenated alkanes) is 55. The average molecular weight is 1540 g/mol. The van der Waals surface area contributed by atoms with Crippen LogP contribution in [0.3, 0.4) is 0 Å². The molecule has 2 unspecified atom stereocenters. The topological polar surface area (TPSA) is 237 Å². The molecule has 0 aliphatic heterocycles. The Bertz CT molecular complexity index is 2010. The SMILES string of the molecule is CCCCCCCCCCCCCCCCCCCCCCC(=O)OC[C@H](COP(=O)(O)OC[C@@H](O)COP(=O)(O)OC[C@@H](COC(=O)CCCCCCCCCCCC(C)C)OC(=O)CCCCCCCCCCCCC(C)C)OC(=O)CCCCCCCCCCCCCCCCCCCCCC. The molecule has 0 rings (SSSR count). The van der Waals surface area contributed by atoms with Crippen LogP contribution in [0.4, 0.5) is 0 Å². The molecular formula is C86H168O17P2. The number of aliphatic hydroxyl groups is 1. The molecule has 0 aliphatic carbocycles. The van der Waals surface area contributed by atoms with Crippen molar-refractivity contribution < 1.29 is 80.2 Å². The molecule has 0 spiro atoms. The molecule has 3 N–H and O–H groups in total. The highest BCUT2D eigenvalue weighted by atomic mass is 31.2. The van der Waals surface area contributed by atoms with Gasteiger partial charge in [0.2, 0.25) is 0 Å². The predicted octanol–water partition coefficient (Wildman–Crippen LogP) is 26.2. The smallest absolute Gasteiger partial charge is 0.462 e. The lowest BCUT2D eigenvalue weighted by Gasteiger charge is -2.21. The molecule has 0 radical (unpaired) electrons. The first-order valence-electron chi connectivity index (χ1n) is 44.5. The van der Waals surface area contributed by atoms with Gasteiger partial charge < -0.3 is 33.8 Å². The minimum absolute atomic E-state index is 0.106. The molecule has 105 heavy (non-hydrogen) atoms. The van der Waals surface area contributed by atoms with Gasteiger partial charge in [-0.25, -0.2) is 9.13 Å². The van der Waals surface area contributed by atoms with E-state index in [9.17, 15) is 43.2 Å². The second-order valence-electron chi connectivity index (χ2n) is 31.9. The number of carbonyl (C=O) groups excluding carboxylic acids is 4. The minimum atomic E-state index is -4.97. The van der Waals surface area contributed by atoms with Crippen LogP contribution < -0.4 is 0 Å². The maximum Gasteiger partial charge on any atom is 0.472 e. The lowest BCUT2D eigenvalue weighted by atomic mass is 10.0. The summed E-state index contributed by atoms with van der Waals surface area (Å²) < 4.78 is 68.9. The fraction of sp³-hybridized carbons (Fsp3) is 0.953. The van der Waals surface area contributed by atoms with E-state index in [1.54, 1.807) is 0 Å². The van der Waals surface area contributed by atoms with E-state index in [0.717, 1.165) is 102 Å². The summed E-state index contributed by atoms with van der Waals surface area (Å²) in [5.74, 6) is -0.608. The van der Waals surface area contributed by atoms with Gasteiger partial charge in [-0.2, -0.15) is 0 Å². The van der Waals surface area contributed by atoms with Crippen LogP contribution in [0.1, 0.15) is 459 Å². The van der Waals surface area contributed by atoms with E-state index in [1.165, 1.54) is 276 Å². The van der Waals surface area contributed by atoms with Crippen molar-refractivity contribution in [3.05, 3.63) is 0 Å². The fourth-order valence-corrected chi connectivity index (χ4v) is 15.0. The van der Waals surface area contributed by atoms with Crippen molar-refractivity contribution >= 4 is 39.5 Å². The molecule has 0 aromatic rings. The Hall–Kier alpha value is -1.94. The van der Waals surface area contributed by atoms with E-state index in [0.29, 0.717) is 25.7 Å². The van der Waals surface area contributed by atoms with E-state index in [1.807, 2.05) is 0 Å². The molecule has 0 aromatic carbocycles. The first kappa shape index (κ1) is 103. The number of phosphoric ester groups is 2. The van der Waals surface area contributed by atoms with E-state index < -0.39 is 97.5 Å². The minimum Gasteiger partial charge on any atom is -0.462 e. The van der Waals surface area contributed by atoms with Crippen molar-refractivity contribution in [1.29, 1.82) is 0 Å². The van der Waals surface area contributed by atoms with Gasteiger partial charge in [0.15, 0.2) is 12.2 Å². The molecule has 0 saturated carbocycles. The highest BCUT2D eigenvalue weighted by molar-refractivity contribution is 7.47. The summed E-state index contributed by atoms with van der Waals surface area (Å²) in [5, 5.41) is 10.7. The number of hydrogen-bond donors (Lipinski definition) is 3. The molecule has 0 saturated heterocycles. The molecular weight excluding hydrogens is 1370 g/mol. The quantitative estimate of drug-likeness (QED) is 0.0222. The zero-order valence-electron chi connectivity index (χ0n) is 69.0. The van der Waals surface area contributed by atoms with Crippen LogP contribution in [0.25, 0.3) is 0 Å². The molecule has 0 aromatic heterocycles. The molecule has 19 heteroatoms. The van der Waals surface area contributed by atoms with Crippen molar-refractivity contribution in [3.8, 4) is 0 Å². The summed E-state index contributed by atoms with van der Waals surface area (Å²) in [6, 6.07) is 0. The zero-order chi connectivity index (χ0) is 77.1. The number of phosphoric acid groups is 2. The van der Waals surface area contributed by atoms with Crippen LogP contribution in [-0.4, -0.2) is 96.7 Å². The predicted molar refractivity (Wildman–Crippen MR) is 432 cm³/mol. The summed E-state index contributed by atoms with van der Waals surface area (Å²) in [4.78, 5) is 73.2. The van der Waals surface area contributed by atoms with Gasteiger partial charge >= 0.3 is 39.5 Å². The van der Waals surface area contributed by atoms with Crippen molar-refractivity contribution in [3.63, 3.8) is 0 Å². The number of esters is 4. The number of rotatable bonds is 85. The molecule has 624 valence electrons. The number of carbonyl (C=O) groups is 4. The van der Waals surface area contributed by atoms with E-state index in [4.69, 9.17) is 37.0 Å². The molecule has 0 fully saturated rings. The van der Waals surface area contributed by atoms with Crippen LogP contribution in [0, 0.1) is 11.8 Å². The molecule has 0 bridgehead atoms. The molecule has 0 amide bonds. The number of aliphatic hydroxyl groups excluding tert-OH is 1. The largest absolute Gasteiger partial charge is 0.472 e. The van der Waals surface area contributed by atoms with Crippen LogP contribution in [0.5, 0.6) is 0 Å². The van der Waals surface area contributed by atoms with Crippen molar-refractivity contribution in [2.45, 2.75) is 477 Å². The summed E-state index contributed by atoms with van der Waals surface area (Å²) in [5.41, 5.74) is 0. The van der Waals surface area contributed by atoms with Crippen molar-refractivity contribution in [1.82, 2.24) is 0 Å². The van der Waals surface area contributed by atoms with Gasteiger partial charge in [-0.05, 0) is 37.5 Å². The van der Waals surface area contributed by atoms with Gasteiger partial charge in [-0.3, -0.25) is 37.3 Å². The standard InChI is InChI=1S/C86H168O17P2/c1-7-9-11-13-15-17-19-21-23-25-27-29-31-33-35-37-44-50-56-62-68-83(88)96-74-81(102-85(90)70-64-58-52-45-38-36-34-32-30-28-26-24-22-20-18-16-14-12-10-8-2)76-100-104(92,93)98-72-80(87)73-99-105(94,95)101-77-82(75-97-84(89)69-63-57-51-47-41-43-49-55-61-67-79(5)6)103-86(91)71-65-59-53-46-40-39-42-48-54-60-66-78(3)4/h78-82,87H,7-77H2,1-6H3,(H,92,93)(H,94,95)/t80-,81-,82-/m1/s1. The number of ether oxygens (including phenoxy) is 4. The maximum atomic E-state index is 13.2. The van der Waals surface area contributed by atoms with Crippen LogP contribution >= 0.6 is 15.6 Å². The van der Waals surface area contributed by atoms with Crippen molar-refractivity contribution in [2.24, 2.45) is 11.8 Å². The summed E-state index contributed by atoms with van der Waals surface area (Å²) >= 11 is 0. The molecule has 5 atom stereocenters. The Labute approximate surface area is 645 Å². The fourth-order valence-electron chi connectivity index (χ4n) is 13.4. The number of hydrogen-bond acceptors (Lipinski definition) is 15. The lowest BCUT2D eigenvalue weighted by Crippen LogP contribution is -2.30. The van der Waals surface area contributed by atoms with E-state index in [-0.39, 0.29) is 25.7 Å². The van der Waals surface area contributed by atoms with E-state index in [2.05, 4.69) is 41.5 Å². The second-order valence-corrected chi connectivity index (χ2v) is 34.8. The first-order chi connectivity index (χ1) is 50.9. The Morgan fingerprint density at radius 2 is 0.438 bits per heavy atom. The highest BCUT2D eigenvalue weighted by Crippen LogP contribution is 2.45. The third-order valence-corrected chi connectivity index (χ3v) is 22.1. The van der Waals surface area contributed by atoms with Crippen LogP contribution in [0.15, 0.2) is 0 Å². The summed E-state index contributed by atoms with van der Waals surface area (Å²) in [6.07, 6.45) is 69.6. The molecule has 0 heterocycles. The molecule has 0 aliphatic rings. The third-order valence-electron chi connectivity index (χ3n) is 20.2. The first-order valence-corrected chi connectivity index (χ1v) is 47.5. The lowest BCUT2D eigenvalue weighted by molar-refractivity contribution is -0.161. The van der Waals surface area contributed by atoms with Crippen LogP contribution in [0.2, 0.25) is 0 Å². The monoisotopic (exact) mass is 1540 g/mol. The highest BCUT2D eigenvalue weighted by Gasteiger charge is 2.30. The van der Waals surface area contributed by atoms with Gasteiger partial charge in [0.05, 0.1) is 26.4 Å². The second kappa shape index (κ2) is 77.4. The Balaban J connectivity index is 5.23. The van der Waals surface area contributed by atoms with Gasteiger partial charge in [-0.1, -0.05) is 408 Å². The normalized spacial score (nSPS) is 13.8. The third kappa shape index (κ3) is 79.9. The maximum absolute atomic E-state index is 13.2. The van der Waals surface area contributed by atoms with Gasteiger partial charge in [0.1, 0.15) is 19.3 Å². The Morgan fingerprint density at radius 3 is 0.648 bits per heavy atom. The Kier molecular flexibility index (Phi) is 76.0.